The first kappa shape index (κ1) is 18.4. The number of hydrogen-bond donors (Lipinski definition) is 1. The summed E-state index contributed by atoms with van der Waals surface area (Å²) in [6, 6.07) is 14.0. The van der Waals surface area contributed by atoms with Crippen molar-refractivity contribution in [1.29, 1.82) is 0 Å². The Hall–Kier alpha value is -2.42. The predicted octanol–water partition coefficient (Wildman–Crippen LogP) is 3.02. The zero-order valence-electron chi connectivity index (χ0n) is 13.8. The van der Waals surface area contributed by atoms with Crippen LogP contribution in [-0.2, 0) is 22.3 Å². The van der Waals surface area contributed by atoms with Gasteiger partial charge in [-0.05, 0) is 23.8 Å². The summed E-state index contributed by atoms with van der Waals surface area (Å²) in [6.07, 6.45) is 0. The number of nitrogens with zero attached hydrogens (tertiary/aromatic N) is 2. The Kier molecular flexibility index (Phi) is 5.55. The summed E-state index contributed by atoms with van der Waals surface area (Å²) in [6.45, 7) is -0.116. The number of aromatic nitrogens is 2. The van der Waals surface area contributed by atoms with Gasteiger partial charge in [-0.1, -0.05) is 41.9 Å². The lowest BCUT2D eigenvalue weighted by molar-refractivity contribution is 0.413. The Morgan fingerprint density at radius 3 is 2.62 bits per heavy atom. The summed E-state index contributed by atoms with van der Waals surface area (Å²) in [5, 5.41) is 8.21. The Morgan fingerprint density at radius 2 is 1.85 bits per heavy atom. The second-order valence-corrected chi connectivity index (χ2v) is 7.59. The maximum atomic E-state index is 12.2. The van der Waals surface area contributed by atoms with Crippen LogP contribution >= 0.6 is 11.6 Å². The van der Waals surface area contributed by atoms with Crippen molar-refractivity contribution in [2.24, 2.45) is 0 Å². The van der Waals surface area contributed by atoms with Crippen molar-refractivity contribution in [3.63, 3.8) is 0 Å². The smallest absolute Gasteiger partial charge is 0.251 e. The zero-order valence-corrected chi connectivity index (χ0v) is 15.4. The standard InChI is InChI=1S/C17H16ClN3O4S/c1-24-15-9-5-3-7-13(15)17-21-20-16(25-17)10-19-26(22,23)11-12-6-2-4-8-14(12)18/h2-9,19H,10-11H2,1H3. The Morgan fingerprint density at radius 1 is 1.12 bits per heavy atom. The van der Waals surface area contributed by atoms with Crippen LogP contribution < -0.4 is 9.46 Å². The van der Waals surface area contributed by atoms with Gasteiger partial charge in [0.25, 0.3) is 5.89 Å². The van der Waals surface area contributed by atoms with E-state index in [2.05, 4.69) is 14.9 Å². The first-order valence-corrected chi connectivity index (χ1v) is 9.68. The summed E-state index contributed by atoms with van der Waals surface area (Å²) in [5.41, 5.74) is 1.15. The number of ether oxygens (including phenoxy) is 1. The molecule has 7 nitrogen and oxygen atoms in total. The zero-order chi connectivity index (χ0) is 18.6. The molecular weight excluding hydrogens is 378 g/mol. The topological polar surface area (TPSA) is 94.3 Å². The SMILES string of the molecule is COc1ccccc1-c1nnc(CNS(=O)(=O)Cc2ccccc2Cl)o1. The van der Waals surface area contributed by atoms with Crippen molar-refractivity contribution in [1.82, 2.24) is 14.9 Å². The van der Waals surface area contributed by atoms with Crippen molar-refractivity contribution < 1.29 is 17.6 Å². The van der Waals surface area contributed by atoms with E-state index in [1.165, 1.54) is 0 Å². The molecule has 0 unspecified atom stereocenters. The summed E-state index contributed by atoms with van der Waals surface area (Å²) >= 11 is 6.00. The molecule has 9 heteroatoms. The molecule has 0 atom stereocenters. The van der Waals surface area contributed by atoms with Crippen LogP contribution in [0.3, 0.4) is 0 Å². The van der Waals surface area contributed by atoms with E-state index < -0.39 is 10.0 Å². The van der Waals surface area contributed by atoms with Crippen molar-refractivity contribution in [2.75, 3.05) is 7.11 Å². The normalized spacial score (nSPS) is 11.5. The molecule has 0 aliphatic rings. The second-order valence-electron chi connectivity index (χ2n) is 5.37. The van der Waals surface area contributed by atoms with E-state index in [1.54, 1.807) is 43.5 Å². The largest absolute Gasteiger partial charge is 0.496 e. The lowest BCUT2D eigenvalue weighted by Crippen LogP contribution is -2.25. The molecule has 26 heavy (non-hydrogen) atoms. The van der Waals surface area contributed by atoms with E-state index in [1.807, 2.05) is 12.1 Å². The molecule has 0 bridgehead atoms. The number of sulfonamides is 1. The van der Waals surface area contributed by atoms with Crippen LogP contribution in [-0.4, -0.2) is 25.7 Å². The van der Waals surface area contributed by atoms with Crippen molar-refractivity contribution in [2.45, 2.75) is 12.3 Å². The van der Waals surface area contributed by atoms with Gasteiger partial charge < -0.3 is 9.15 Å². The lowest BCUT2D eigenvalue weighted by atomic mass is 10.2. The number of rotatable bonds is 7. The van der Waals surface area contributed by atoms with Crippen molar-refractivity contribution >= 4 is 21.6 Å². The Labute approximate surface area is 156 Å². The third-order valence-corrected chi connectivity index (χ3v) is 5.19. The predicted molar refractivity (Wildman–Crippen MR) is 97.2 cm³/mol. The van der Waals surface area contributed by atoms with Crippen LogP contribution in [0.4, 0.5) is 0 Å². The lowest BCUT2D eigenvalue weighted by Gasteiger charge is -2.06. The average Bonchev–Trinajstić information content (AvgIpc) is 3.11. The fraction of sp³-hybridized carbons (Fsp3) is 0.176. The third-order valence-electron chi connectivity index (χ3n) is 3.55. The van der Waals surface area contributed by atoms with E-state index in [-0.39, 0.29) is 24.1 Å². The highest BCUT2D eigenvalue weighted by molar-refractivity contribution is 7.88. The molecule has 0 spiro atoms. The molecular formula is C17H16ClN3O4S. The molecule has 0 radical (unpaired) electrons. The van der Waals surface area contributed by atoms with E-state index in [0.717, 1.165) is 0 Å². The maximum absolute atomic E-state index is 12.2. The highest BCUT2D eigenvalue weighted by Gasteiger charge is 2.17. The van der Waals surface area contributed by atoms with Gasteiger partial charge in [-0.25, -0.2) is 13.1 Å². The Bertz CT molecular complexity index is 1000. The van der Waals surface area contributed by atoms with E-state index >= 15 is 0 Å². The van der Waals surface area contributed by atoms with Crippen LogP contribution in [0.15, 0.2) is 52.9 Å². The minimum atomic E-state index is -3.61. The van der Waals surface area contributed by atoms with Crippen LogP contribution in [0.1, 0.15) is 11.5 Å². The van der Waals surface area contributed by atoms with Crippen LogP contribution in [0.25, 0.3) is 11.5 Å². The maximum Gasteiger partial charge on any atom is 0.251 e. The molecule has 0 fully saturated rings. The van der Waals surface area contributed by atoms with Gasteiger partial charge in [0, 0.05) is 5.02 Å². The molecule has 3 aromatic rings. The van der Waals surface area contributed by atoms with Crippen LogP contribution in [0.5, 0.6) is 5.75 Å². The van der Waals surface area contributed by atoms with Gasteiger partial charge in [-0.2, -0.15) is 0 Å². The van der Waals surface area contributed by atoms with Gasteiger partial charge in [0.2, 0.25) is 15.9 Å². The summed E-state index contributed by atoms with van der Waals surface area (Å²) < 4.78 is 37.7. The van der Waals surface area contributed by atoms with E-state index in [0.29, 0.717) is 21.9 Å². The monoisotopic (exact) mass is 393 g/mol. The van der Waals surface area contributed by atoms with Gasteiger partial charge >= 0.3 is 0 Å². The second kappa shape index (κ2) is 7.86. The minimum absolute atomic E-state index is 0.116. The number of para-hydroxylation sites is 1. The number of benzene rings is 2. The van der Waals surface area contributed by atoms with Crippen molar-refractivity contribution in [3.8, 4) is 17.2 Å². The van der Waals surface area contributed by atoms with Crippen molar-refractivity contribution in [3.05, 3.63) is 65.0 Å². The molecule has 1 N–H and O–H groups in total. The number of nitrogens with one attached hydrogen (secondary N) is 1. The fourth-order valence-corrected chi connectivity index (χ4v) is 3.69. The van der Waals surface area contributed by atoms with Gasteiger partial charge in [-0.3, -0.25) is 0 Å². The molecule has 1 heterocycles. The molecule has 0 saturated heterocycles. The first-order chi connectivity index (χ1) is 12.5. The van der Waals surface area contributed by atoms with E-state index in [9.17, 15) is 8.42 Å². The van der Waals surface area contributed by atoms with Gasteiger partial charge in [0.15, 0.2) is 0 Å². The quantitative estimate of drug-likeness (QED) is 0.663. The van der Waals surface area contributed by atoms with E-state index in [4.69, 9.17) is 20.8 Å². The molecule has 0 aliphatic heterocycles. The van der Waals surface area contributed by atoms with Crippen LogP contribution in [0.2, 0.25) is 5.02 Å². The Balaban J connectivity index is 1.69. The molecule has 2 aromatic carbocycles. The molecule has 3 rings (SSSR count). The van der Waals surface area contributed by atoms with Gasteiger partial charge in [0.05, 0.1) is 25.0 Å². The summed E-state index contributed by atoms with van der Waals surface area (Å²) in [5.74, 6) is 0.749. The fourth-order valence-electron chi connectivity index (χ4n) is 2.30. The van der Waals surface area contributed by atoms with Crippen LogP contribution in [0, 0.1) is 0 Å². The molecule has 1 aromatic heterocycles. The third kappa shape index (κ3) is 4.40. The highest BCUT2D eigenvalue weighted by atomic mass is 35.5. The number of halogens is 1. The van der Waals surface area contributed by atoms with Gasteiger partial charge in [-0.15, -0.1) is 10.2 Å². The number of methoxy groups -OCH3 is 1. The summed E-state index contributed by atoms with van der Waals surface area (Å²) in [7, 11) is -2.07. The minimum Gasteiger partial charge on any atom is -0.496 e. The molecule has 0 saturated carbocycles. The molecule has 0 amide bonds. The molecule has 0 aliphatic carbocycles. The first-order valence-electron chi connectivity index (χ1n) is 7.65. The highest BCUT2D eigenvalue weighted by Crippen LogP contribution is 2.28. The summed E-state index contributed by atoms with van der Waals surface area (Å²) in [4.78, 5) is 0. The number of hydrogen-bond acceptors (Lipinski definition) is 6. The average molecular weight is 394 g/mol. The van der Waals surface area contributed by atoms with Gasteiger partial charge in [0.1, 0.15) is 5.75 Å². The molecule has 136 valence electrons.